The van der Waals surface area contributed by atoms with E-state index in [4.69, 9.17) is 0 Å². The minimum Gasteiger partial charge on any atom is -0.481 e. The molecule has 3 heterocycles. The lowest BCUT2D eigenvalue weighted by Gasteiger charge is -2.23. The molecule has 3 unspecified atom stereocenters. The Morgan fingerprint density at radius 3 is 2.95 bits per heavy atom. The quantitative estimate of drug-likeness (QED) is 0.891. The van der Waals surface area contributed by atoms with Crippen molar-refractivity contribution in [1.82, 2.24) is 10.2 Å². The zero-order valence-electron chi connectivity index (χ0n) is 11.1. The van der Waals surface area contributed by atoms with E-state index in [1.165, 1.54) is 5.56 Å². The van der Waals surface area contributed by atoms with Crippen LogP contribution in [0.25, 0.3) is 0 Å². The Labute approximate surface area is 121 Å². The maximum Gasteiger partial charge on any atom is 0.317 e. The molecule has 0 aromatic carbocycles. The molecule has 3 rings (SSSR count). The highest BCUT2D eigenvalue weighted by Gasteiger charge is 2.51. The molecule has 0 radical (unpaired) electrons. The van der Waals surface area contributed by atoms with Crippen molar-refractivity contribution >= 4 is 23.3 Å². The first-order chi connectivity index (χ1) is 9.66. The largest absolute Gasteiger partial charge is 0.481 e. The van der Waals surface area contributed by atoms with E-state index in [0.29, 0.717) is 13.0 Å². The van der Waals surface area contributed by atoms with Crippen molar-refractivity contribution in [1.29, 1.82) is 0 Å². The molecule has 2 aliphatic heterocycles. The summed E-state index contributed by atoms with van der Waals surface area (Å²) < 4.78 is 0. The van der Waals surface area contributed by atoms with Crippen molar-refractivity contribution < 1.29 is 14.7 Å². The first kappa shape index (κ1) is 13.4. The molecule has 108 valence electrons. The van der Waals surface area contributed by atoms with Gasteiger partial charge in [-0.05, 0) is 48.1 Å². The smallest absolute Gasteiger partial charge is 0.317 e. The van der Waals surface area contributed by atoms with Gasteiger partial charge in [-0.15, -0.1) is 0 Å². The number of carbonyl (C=O) groups is 2. The molecule has 0 spiro atoms. The van der Waals surface area contributed by atoms with Crippen LogP contribution in [0.2, 0.25) is 0 Å². The highest BCUT2D eigenvalue weighted by atomic mass is 32.1. The highest BCUT2D eigenvalue weighted by molar-refractivity contribution is 7.07. The van der Waals surface area contributed by atoms with Crippen LogP contribution in [0.15, 0.2) is 16.8 Å². The Morgan fingerprint density at radius 2 is 2.30 bits per heavy atom. The van der Waals surface area contributed by atoms with Crippen molar-refractivity contribution in [2.75, 3.05) is 6.54 Å². The van der Waals surface area contributed by atoms with Gasteiger partial charge in [-0.2, -0.15) is 11.3 Å². The topological polar surface area (TPSA) is 69.6 Å². The molecule has 20 heavy (non-hydrogen) atoms. The van der Waals surface area contributed by atoms with Crippen molar-refractivity contribution in [3.8, 4) is 0 Å². The van der Waals surface area contributed by atoms with E-state index in [0.717, 1.165) is 19.3 Å². The monoisotopic (exact) mass is 294 g/mol. The minimum absolute atomic E-state index is 0.100. The molecule has 2 bridgehead atoms. The van der Waals surface area contributed by atoms with Crippen molar-refractivity contribution in [3.63, 3.8) is 0 Å². The van der Waals surface area contributed by atoms with Crippen LogP contribution in [-0.4, -0.2) is 40.6 Å². The normalized spacial score (nSPS) is 27.8. The molecular weight excluding hydrogens is 276 g/mol. The van der Waals surface area contributed by atoms with Crippen LogP contribution in [-0.2, 0) is 11.2 Å². The predicted octanol–water partition coefficient (Wildman–Crippen LogP) is 1.94. The number of carboxylic acids is 1. The maximum atomic E-state index is 12.2. The lowest BCUT2D eigenvalue weighted by atomic mass is 9.89. The third-order valence-corrected chi connectivity index (χ3v) is 5.09. The number of amides is 2. The van der Waals surface area contributed by atoms with Crippen LogP contribution >= 0.6 is 11.3 Å². The molecule has 2 saturated heterocycles. The molecular formula is C14H18N2O3S. The van der Waals surface area contributed by atoms with E-state index >= 15 is 0 Å². The van der Waals surface area contributed by atoms with E-state index < -0.39 is 5.97 Å². The summed E-state index contributed by atoms with van der Waals surface area (Å²) in [6.45, 7) is 0.600. The summed E-state index contributed by atoms with van der Waals surface area (Å²) in [7, 11) is 0. The predicted molar refractivity (Wildman–Crippen MR) is 75.8 cm³/mol. The second-order valence-electron chi connectivity index (χ2n) is 5.50. The van der Waals surface area contributed by atoms with E-state index in [9.17, 15) is 14.7 Å². The van der Waals surface area contributed by atoms with Gasteiger partial charge in [0.2, 0.25) is 0 Å². The summed E-state index contributed by atoms with van der Waals surface area (Å²) in [5.74, 6) is -1.15. The zero-order chi connectivity index (χ0) is 14.1. The number of nitrogens with one attached hydrogen (secondary N) is 1. The Hall–Kier alpha value is -1.56. The number of urea groups is 1. The fraction of sp³-hybridized carbons (Fsp3) is 0.571. The first-order valence-electron chi connectivity index (χ1n) is 6.97. The van der Waals surface area contributed by atoms with Crippen LogP contribution in [0, 0.1) is 5.92 Å². The summed E-state index contributed by atoms with van der Waals surface area (Å²) in [6, 6.07) is 1.95. The second-order valence-corrected chi connectivity index (χ2v) is 6.28. The summed E-state index contributed by atoms with van der Waals surface area (Å²) in [5.41, 5.74) is 1.23. The number of nitrogens with zero attached hydrogens (tertiary/aromatic N) is 1. The van der Waals surface area contributed by atoms with Crippen LogP contribution in [0.5, 0.6) is 0 Å². The van der Waals surface area contributed by atoms with Crippen molar-refractivity contribution in [2.45, 2.75) is 37.8 Å². The number of hydrogen-bond acceptors (Lipinski definition) is 3. The molecule has 1 aromatic heterocycles. The standard InChI is InChI=1S/C14H18N2O3S/c17-13(18)11-7-10-1-2-12(11)16(10)14(19)15-5-3-9-4-6-20-8-9/h4,6,8,10-12H,1-3,5,7H2,(H,15,19)(H,17,18). The molecule has 1 aromatic rings. The van der Waals surface area contributed by atoms with E-state index in [-0.39, 0.29) is 24.0 Å². The Kier molecular flexibility index (Phi) is 3.65. The van der Waals surface area contributed by atoms with E-state index in [2.05, 4.69) is 16.8 Å². The number of aliphatic carboxylic acids is 1. The van der Waals surface area contributed by atoms with Gasteiger partial charge in [0.15, 0.2) is 0 Å². The molecule has 2 fully saturated rings. The van der Waals surface area contributed by atoms with Crippen molar-refractivity contribution in [2.24, 2.45) is 5.92 Å². The van der Waals surface area contributed by atoms with Crippen LogP contribution in [0.1, 0.15) is 24.8 Å². The van der Waals surface area contributed by atoms with Gasteiger partial charge in [0.1, 0.15) is 0 Å². The van der Waals surface area contributed by atoms with Gasteiger partial charge in [-0.3, -0.25) is 4.79 Å². The fourth-order valence-electron chi connectivity index (χ4n) is 3.41. The minimum atomic E-state index is -0.770. The van der Waals surface area contributed by atoms with Gasteiger partial charge in [-0.1, -0.05) is 0 Å². The Bertz CT molecular complexity index is 503. The number of rotatable bonds is 4. The third kappa shape index (κ3) is 2.40. The summed E-state index contributed by atoms with van der Waals surface area (Å²) in [6.07, 6.45) is 3.19. The molecule has 5 nitrogen and oxygen atoms in total. The molecule has 2 amide bonds. The Morgan fingerprint density at radius 1 is 1.45 bits per heavy atom. The SMILES string of the molecule is O=C(O)C1CC2CCC1N2C(=O)NCCc1ccsc1. The lowest BCUT2D eigenvalue weighted by Crippen LogP contribution is -2.44. The molecule has 0 aliphatic carbocycles. The molecule has 6 heteroatoms. The van der Waals surface area contributed by atoms with Crippen LogP contribution in [0.4, 0.5) is 4.79 Å². The lowest BCUT2D eigenvalue weighted by molar-refractivity contribution is -0.142. The number of carboxylic acid groups (broad SMARTS) is 1. The summed E-state index contributed by atoms with van der Waals surface area (Å²) in [4.78, 5) is 25.2. The number of hydrogen-bond donors (Lipinski definition) is 2. The van der Waals surface area contributed by atoms with E-state index in [1.807, 2.05) is 5.38 Å². The number of thiophene rings is 1. The van der Waals surface area contributed by atoms with Gasteiger partial charge in [0, 0.05) is 18.6 Å². The Balaban J connectivity index is 1.54. The van der Waals surface area contributed by atoms with Gasteiger partial charge in [-0.25, -0.2) is 4.79 Å². The first-order valence-corrected chi connectivity index (χ1v) is 7.91. The number of carbonyl (C=O) groups excluding carboxylic acids is 1. The molecule has 0 saturated carbocycles. The van der Waals surface area contributed by atoms with Gasteiger partial charge in [0.05, 0.1) is 5.92 Å². The fourth-order valence-corrected chi connectivity index (χ4v) is 4.11. The molecule has 2 aliphatic rings. The number of fused-ring (bicyclic) bond motifs is 2. The highest BCUT2D eigenvalue weighted by Crippen LogP contribution is 2.41. The average molecular weight is 294 g/mol. The van der Waals surface area contributed by atoms with E-state index in [1.54, 1.807) is 16.2 Å². The van der Waals surface area contributed by atoms with Crippen LogP contribution < -0.4 is 5.32 Å². The maximum absolute atomic E-state index is 12.2. The average Bonchev–Trinajstić information content (AvgIpc) is 3.13. The van der Waals surface area contributed by atoms with Gasteiger partial charge >= 0.3 is 12.0 Å². The zero-order valence-corrected chi connectivity index (χ0v) is 11.9. The second kappa shape index (κ2) is 5.44. The third-order valence-electron chi connectivity index (χ3n) is 4.36. The molecule has 3 atom stereocenters. The molecule has 2 N–H and O–H groups in total. The summed E-state index contributed by atoms with van der Waals surface area (Å²) >= 11 is 1.65. The van der Waals surface area contributed by atoms with Crippen molar-refractivity contribution in [3.05, 3.63) is 22.4 Å². The van der Waals surface area contributed by atoms with Crippen LogP contribution in [0.3, 0.4) is 0 Å². The van der Waals surface area contributed by atoms with Gasteiger partial charge < -0.3 is 15.3 Å². The summed E-state index contributed by atoms with van der Waals surface area (Å²) in [5, 5.41) is 16.2. The van der Waals surface area contributed by atoms with Gasteiger partial charge in [0.25, 0.3) is 0 Å².